The van der Waals surface area contributed by atoms with E-state index in [1.54, 1.807) is 37.4 Å². The second-order valence-electron chi connectivity index (χ2n) is 6.34. The fraction of sp³-hybridized carbons (Fsp3) is 0.0952. The molecule has 0 bridgehead atoms. The van der Waals surface area contributed by atoms with E-state index in [1.807, 2.05) is 37.3 Å². The van der Waals surface area contributed by atoms with Gasteiger partial charge >= 0.3 is 0 Å². The van der Waals surface area contributed by atoms with Crippen molar-refractivity contribution < 1.29 is 9.53 Å². The number of nitrogens with one attached hydrogen (secondary N) is 1. The molecule has 3 aromatic carbocycles. The van der Waals surface area contributed by atoms with Gasteiger partial charge < -0.3 is 10.1 Å². The van der Waals surface area contributed by atoms with E-state index in [2.05, 4.69) is 15.5 Å². The largest absolute Gasteiger partial charge is 0.495 e. The lowest BCUT2D eigenvalue weighted by Crippen LogP contribution is -2.11. The molecule has 0 saturated carbocycles. The van der Waals surface area contributed by atoms with E-state index in [4.69, 9.17) is 16.3 Å². The number of amides is 1. The predicted molar refractivity (Wildman–Crippen MR) is 110 cm³/mol. The van der Waals surface area contributed by atoms with E-state index in [-0.39, 0.29) is 5.91 Å². The summed E-state index contributed by atoms with van der Waals surface area (Å²) in [5.74, 6) is 0.417. The van der Waals surface area contributed by atoms with E-state index in [0.717, 1.165) is 5.56 Å². The average Bonchev–Trinajstić information content (AvgIpc) is 3.11. The van der Waals surface area contributed by atoms with Gasteiger partial charge in [0.1, 0.15) is 16.8 Å². The van der Waals surface area contributed by atoms with Gasteiger partial charge in [-0.2, -0.15) is 4.80 Å². The van der Waals surface area contributed by atoms with E-state index in [0.29, 0.717) is 38.7 Å². The Labute approximate surface area is 166 Å². The molecule has 1 aromatic heterocycles. The number of nitrogens with zero attached hydrogens (tertiary/aromatic N) is 3. The van der Waals surface area contributed by atoms with Crippen LogP contribution in [0.2, 0.25) is 5.02 Å². The lowest BCUT2D eigenvalue weighted by atomic mass is 10.1. The van der Waals surface area contributed by atoms with Crippen LogP contribution in [0.3, 0.4) is 0 Å². The maximum absolute atomic E-state index is 12.4. The molecule has 0 aliphatic rings. The van der Waals surface area contributed by atoms with Crippen molar-refractivity contribution in [2.24, 2.45) is 0 Å². The average molecular weight is 393 g/mol. The Hall–Kier alpha value is -3.38. The molecule has 1 amide bonds. The Morgan fingerprint density at radius 1 is 1.04 bits per heavy atom. The summed E-state index contributed by atoms with van der Waals surface area (Å²) in [6.45, 7) is 1.95. The van der Waals surface area contributed by atoms with Gasteiger partial charge in [-0.3, -0.25) is 4.79 Å². The number of ether oxygens (including phenoxy) is 1. The fourth-order valence-electron chi connectivity index (χ4n) is 2.88. The number of methoxy groups -OCH3 is 1. The predicted octanol–water partition coefficient (Wildman–Crippen LogP) is 4.64. The van der Waals surface area contributed by atoms with Crippen molar-refractivity contribution >= 4 is 34.2 Å². The minimum absolute atomic E-state index is 0.169. The molecule has 0 unspecified atom stereocenters. The lowest BCUT2D eigenvalue weighted by molar-refractivity contribution is 0.102. The first-order chi connectivity index (χ1) is 13.5. The first-order valence-electron chi connectivity index (χ1n) is 8.62. The Morgan fingerprint density at radius 2 is 1.86 bits per heavy atom. The van der Waals surface area contributed by atoms with Gasteiger partial charge in [0.25, 0.3) is 5.91 Å². The van der Waals surface area contributed by atoms with E-state index in [9.17, 15) is 4.79 Å². The Balaban J connectivity index is 1.61. The van der Waals surface area contributed by atoms with Crippen molar-refractivity contribution in [1.29, 1.82) is 0 Å². The molecule has 0 saturated heterocycles. The number of hydrogen-bond donors (Lipinski definition) is 1. The molecular weight excluding hydrogens is 376 g/mol. The Kier molecular flexibility index (Phi) is 4.71. The first-order valence-corrected chi connectivity index (χ1v) is 9.00. The van der Waals surface area contributed by atoms with E-state index >= 15 is 0 Å². The lowest BCUT2D eigenvalue weighted by Gasteiger charge is -2.05. The molecule has 0 aliphatic heterocycles. The van der Waals surface area contributed by atoms with Crippen molar-refractivity contribution in [3.8, 4) is 11.4 Å². The third-order valence-corrected chi connectivity index (χ3v) is 4.58. The summed E-state index contributed by atoms with van der Waals surface area (Å²) in [6.07, 6.45) is 0. The van der Waals surface area contributed by atoms with Crippen LogP contribution in [-0.4, -0.2) is 28.0 Å². The number of anilines is 1. The van der Waals surface area contributed by atoms with Crippen LogP contribution in [0.25, 0.3) is 16.7 Å². The molecule has 1 heterocycles. The third-order valence-electron chi connectivity index (χ3n) is 4.28. The smallest absolute Gasteiger partial charge is 0.255 e. The van der Waals surface area contributed by atoms with Gasteiger partial charge in [-0.25, -0.2) is 0 Å². The van der Waals surface area contributed by atoms with Crippen LogP contribution >= 0.6 is 11.6 Å². The number of benzene rings is 3. The summed E-state index contributed by atoms with van der Waals surface area (Å²) in [7, 11) is 1.56. The third kappa shape index (κ3) is 3.54. The number of fused-ring (bicyclic) bond motifs is 1. The molecule has 140 valence electrons. The Bertz CT molecular complexity index is 1190. The SMILES string of the molecule is COc1ccc(-n2nc3ccc(NC(=O)c4cccc(C)c4)cc3n2)cc1Cl. The highest BCUT2D eigenvalue weighted by Gasteiger charge is 2.10. The number of hydrogen-bond acceptors (Lipinski definition) is 4. The highest BCUT2D eigenvalue weighted by atomic mass is 35.5. The van der Waals surface area contributed by atoms with E-state index in [1.165, 1.54) is 4.80 Å². The minimum atomic E-state index is -0.169. The molecule has 0 fully saturated rings. The number of aromatic nitrogens is 3. The van der Waals surface area contributed by atoms with Crippen molar-refractivity contribution in [2.45, 2.75) is 6.92 Å². The van der Waals surface area contributed by atoms with E-state index < -0.39 is 0 Å². The maximum atomic E-state index is 12.4. The topological polar surface area (TPSA) is 69.0 Å². The summed E-state index contributed by atoms with van der Waals surface area (Å²) >= 11 is 6.19. The van der Waals surface area contributed by atoms with Gasteiger partial charge in [-0.05, 0) is 55.5 Å². The van der Waals surface area contributed by atoms with Gasteiger partial charge in [-0.1, -0.05) is 29.3 Å². The van der Waals surface area contributed by atoms with Crippen molar-refractivity contribution in [2.75, 3.05) is 12.4 Å². The summed E-state index contributed by atoms with van der Waals surface area (Å²) in [5, 5.41) is 12.3. The van der Waals surface area contributed by atoms with Crippen LogP contribution < -0.4 is 10.1 Å². The molecule has 6 nitrogen and oxygen atoms in total. The molecule has 4 rings (SSSR count). The monoisotopic (exact) mass is 392 g/mol. The maximum Gasteiger partial charge on any atom is 0.255 e. The van der Waals surface area contributed by atoms with Crippen LogP contribution in [0.1, 0.15) is 15.9 Å². The van der Waals surface area contributed by atoms with Gasteiger partial charge in [0.05, 0.1) is 17.8 Å². The molecule has 0 atom stereocenters. The second-order valence-corrected chi connectivity index (χ2v) is 6.74. The van der Waals surface area contributed by atoms with Crippen LogP contribution in [0.4, 0.5) is 5.69 Å². The summed E-state index contributed by atoms with van der Waals surface area (Å²) in [4.78, 5) is 14.0. The van der Waals surface area contributed by atoms with Crippen LogP contribution in [-0.2, 0) is 0 Å². The zero-order chi connectivity index (χ0) is 19.7. The molecule has 0 spiro atoms. The van der Waals surface area contributed by atoms with Gasteiger partial charge in [0.2, 0.25) is 0 Å². The van der Waals surface area contributed by atoms with Crippen molar-refractivity contribution in [3.63, 3.8) is 0 Å². The highest BCUT2D eigenvalue weighted by Crippen LogP contribution is 2.27. The number of rotatable bonds is 4. The summed E-state index contributed by atoms with van der Waals surface area (Å²) in [5.41, 5.74) is 4.38. The highest BCUT2D eigenvalue weighted by molar-refractivity contribution is 6.32. The number of carbonyl (C=O) groups excluding carboxylic acids is 1. The van der Waals surface area contributed by atoms with Crippen LogP contribution in [0, 0.1) is 6.92 Å². The Morgan fingerprint density at radius 3 is 2.61 bits per heavy atom. The number of carbonyl (C=O) groups is 1. The molecule has 0 radical (unpaired) electrons. The molecule has 4 aromatic rings. The standard InChI is InChI=1S/C21H17ClN4O2/c1-13-4-3-5-14(10-13)21(27)23-15-6-8-18-19(11-15)25-26(24-18)16-7-9-20(28-2)17(22)12-16/h3-12H,1-2H3,(H,23,27). The van der Waals surface area contributed by atoms with Crippen molar-refractivity contribution in [3.05, 3.63) is 76.8 Å². The zero-order valence-corrected chi connectivity index (χ0v) is 16.1. The van der Waals surface area contributed by atoms with Crippen molar-refractivity contribution in [1.82, 2.24) is 15.0 Å². The molecule has 28 heavy (non-hydrogen) atoms. The molecule has 0 aliphatic carbocycles. The fourth-order valence-corrected chi connectivity index (χ4v) is 3.13. The van der Waals surface area contributed by atoms with Crippen LogP contribution in [0.15, 0.2) is 60.7 Å². The summed E-state index contributed by atoms with van der Waals surface area (Å²) < 4.78 is 5.17. The molecular formula is C21H17ClN4O2. The van der Waals surface area contributed by atoms with Gasteiger partial charge in [0, 0.05) is 11.3 Å². The van der Waals surface area contributed by atoms with Gasteiger partial charge in [0.15, 0.2) is 0 Å². The molecule has 7 heteroatoms. The quantitative estimate of drug-likeness (QED) is 0.549. The van der Waals surface area contributed by atoms with Crippen LogP contribution in [0.5, 0.6) is 5.75 Å². The summed E-state index contributed by atoms with van der Waals surface area (Å²) in [6, 6.07) is 18.2. The zero-order valence-electron chi connectivity index (χ0n) is 15.3. The van der Waals surface area contributed by atoms with Gasteiger partial charge in [-0.15, -0.1) is 10.2 Å². The second kappa shape index (κ2) is 7.32. The molecule has 1 N–H and O–H groups in total. The first kappa shape index (κ1) is 18.0. The number of halogens is 1. The minimum Gasteiger partial charge on any atom is -0.495 e. The number of aryl methyl sites for hydroxylation is 1. The normalized spacial score (nSPS) is 10.8.